The molecule has 86 valence electrons. The molecule has 3 N–H and O–H groups in total. The summed E-state index contributed by atoms with van der Waals surface area (Å²) in [6.07, 6.45) is 1.79. The van der Waals surface area contributed by atoms with E-state index in [0.717, 1.165) is 0 Å². The lowest BCUT2D eigenvalue weighted by molar-refractivity contribution is 0.489. The number of halogens is 1. The van der Waals surface area contributed by atoms with Crippen LogP contribution in [0.1, 0.15) is 5.69 Å². The Morgan fingerprint density at radius 3 is 2.94 bits per heavy atom. The maximum Gasteiger partial charge on any atom is 0.124 e. The van der Waals surface area contributed by atoms with Gasteiger partial charge in [-0.15, -0.1) is 0 Å². The Kier molecular flexibility index (Phi) is 4.19. The lowest BCUT2D eigenvalue weighted by atomic mass is 10.2. The maximum atomic E-state index is 7.73. The number of likely N-dealkylation sites (N-methyl/N-ethyl adjacent to an activating group) is 1. The summed E-state index contributed by atoms with van der Waals surface area (Å²) in [7, 11) is 3.18. The molecule has 0 atom stereocenters. The van der Waals surface area contributed by atoms with E-state index in [2.05, 4.69) is 15.3 Å². The van der Waals surface area contributed by atoms with Gasteiger partial charge >= 0.3 is 0 Å². The molecule has 0 amide bonds. The second kappa shape index (κ2) is 5.41. The summed E-state index contributed by atoms with van der Waals surface area (Å²) in [4.78, 5) is 4.06. The SMILES string of the molecule is C/N=N\N(C)C(=N)Cc1ncc(Cl)cc1N. The summed E-state index contributed by atoms with van der Waals surface area (Å²) in [5.74, 6) is 0.257. The Labute approximate surface area is 98.6 Å². The van der Waals surface area contributed by atoms with Crippen molar-refractivity contribution in [3.63, 3.8) is 0 Å². The van der Waals surface area contributed by atoms with Gasteiger partial charge in [-0.25, -0.2) is 5.01 Å². The fourth-order valence-electron chi connectivity index (χ4n) is 1.09. The van der Waals surface area contributed by atoms with Gasteiger partial charge in [-0.3, -0.25) is 10.4 Å². The first-order valence-corrected chi connectivity index (χ1v) is 4.93. The minimum absolute atomic E-state index is 0.257. The van der Waals surface area contributed by atoms with E-state index in [4.69, 9.17) is 22.7 Å². The molecule has 1 heterocycles. The number of nitrogens with one attached hydrogen (secondary N) is 1. The second-order valence-corrected chi connectivity index (χ2v) is 3.56. The number of hydrogen-bond acceptors (Lipinski definition) is 5. The van der Waals surface area contributed by atoms with E-state index >= 15 is 0 Å². The van der Waals surface area contributed by atoms with Crippen molar-refractivity contribution in [1.29, 1.82) is 5.41 Å². The number of pyridine rings is 1. The summed E-state index contributed by atoms with van der Waals surface area (Å²) in [5, 5.41) is 16.8. The third-order valence-corrected chi connectivity index (χ3v) is 2.13. The third-order valence-electron chi connectivity index (χ3n) is 1.92. The zero-order chi connectivity index (χ0) is 12.1. The summed E-state index contributed by atoms with van der Waals surface area (Å²) >= 11 is 5.73. The molecule has 1 aromatic heterocycles. The number of amidine groups is 1. The highest BCUT2D eigenvalue weighted by Crippen LogP contribution is 2.16. The molecule has 0 spiro atoms. The zero-order valence-corrected chi connectivity index (χ0v) is 9.86. The lowest BCUT2D eigenvalue weighted by Crippen LogP contribution is -2.22. The van der Waals surface area contributed by atoms with Crippen LogP contribution in [-0.2, 0) is 6.42 Å². The van der Waals surface area contributed by atoms with Gasteiger partial charge in [-0.05, 0) is 6.07 Å². The first-order valence-electron chi connectivity index (χ1n) is 4.55. The minimum atomic E-state index is 0.257. The standard InChI is InChI=1S/C9H13ClN6/c1-13-15-16(2)9(12)4-8-7(11)3-6(10)5-14-8/h3,5,12H,4,11H2,1-2H3/b12-9?,15-13-. The number of nitrogens with two attached hydrogens (primary N) is 1. The highest BCUT2D eigenvalue weighted by Gasteiger charge is 2.08. The van der Waals surface area contributed by atoms with Gasteiger partial charge < -0.3 is 5.73 Å². The van der Waals surface area contributed by atoms with Gasteiger partial charge in [-0.1, -0.05) is 16.8 Å². The molecular weight excluding hydrogens is 228 g/mol. The van der Waals surface area contributed by atoms with Crippen molar-refractivity contribution in [3.05, 3.63) is 23.0 Å². The molecule has 1 aromatic rings. The first-order chi connectivity index (χ1) is 7.54. The molecule has 0 radical (unpaired) electrons. The van der Waals surface area contributed by atoms with Crippen molar-refractivity contribution in [3.8, 4) is 0 Å². The molecule has 16 heavy (non-hydrogen) atoms. The van der Waals surface area contributed by atoms with Crippen LogP contribution >= 0.6 is 11.6 Å². The monoisotopic (exact) mass is 240 g/mol. The van der Waals surface area contributed by atoms with Crippen LogP contribution in [0.15, 0.2) is 22.6 Å². The van der Waals surface area contributed by atoms with E-state index < -0.39 is 0 Å². The Bertz CT molecular complexity index is 416. The Hall–Kier alpha value is -1.69. The Morgan fingerprint density at radius 1 is 1.69 bits per heavy atom. The van der Waals surface area contributed by atoms with Gasteiger partial charge in [0, 0.05) is 13.2 Å². The number of aromatic nitrogens is 1. The van der Waals surface area contributed by atoms with Crippen molar-refractivity contribution >= 4 is 23.1 Å². The van der Waals surface area contributed by atoms with Gasteiger partial charge in [0.1, 0.15) is 5.84 Å². The van der Waals surface area contributed by atoms with E-state index in [-0.39, 0.29) is 5.84 Å². The zero-order valence-electron chi connectivity index (χ0n) is 9.11. The Morgan fingerprint density at radius 2 is 2.38 bits per heavy atom. The summed E-state index contributed by atoms with van der Waals surface area (Å²) < 4.78 is 0. The molecule has 0 saturated carbocycles. The summed E-state index contributed by atoms with van der Waals surface area (Å²) in [6.45, 7) is 0. The number of rotatable bonds is 3. The molecule has 6 nitrogen and oxygen atoms in total. The molecule has 0 saturated heterocycles. The molecule has 0 aliphatic rings. The van der Waals surface area contributed by atoms with Crippen molar-refractivity contribution in [1.82, 2.24) is 9.99 Å². The van der Waals surface area contributed by atoms with Gasteiger partial charge in [0.2, 0.25) is 0 Å². The molecule has 1 rings (SSSR count). The molecule has 0 aliphatic heterocycles. The minimum Gasteiger partial charge on any atom is -0.397 e. The van der Waals surface area contributed by atoms with E-state index in [0.29, 0.717) is 22.8 Å². The largest absolute Gasteiger partial charge is 0.397 e. The van der Waals surface area contributed by atoms with Crippen LogP contribution in [0.5, 0.6) is 0 Å². The molecule has 0 unspecified atom stereocenters. The average Bonchev–Trinajstić information content (AvgIpc) is 2.22. The van der Waals surface area contributed by atoms with Gasteiger partial charge in [-0.2, -0.15) is 5.11 Å². The predicted molar refractivity (Wildman–Crippen MR) is 63.6 cm³/mol. The molecule has 7 heteroatoms. The van der Waals surface area contributed by atoms with Crippen LogP contribution in [0.2, 0.25) is 5.02 Å². The molecular formula is C9H13ClN6. The summed E-state index contributed by atoms with van der Waals surface area (Å²) in [5.41, 5.74) is 6.80. The van der Waals surface area contributed by atoms with Crippen LogP contribution in [-0.4, -0.2) is 29.9 Å². The van der Waals surface area contributed by atoms with Crippen molar-refractivity contribution in [2.24, 2.45) is 10.3 Å². The summed E-state index contributed by atoms with van der Waals surface area (Å²) in [6, 6.07) is 1.61. The van der Waals surface area contributed by atoms with E-state index in [1.165, 1.54) is 11.2 Å². The number of anilines is 1. The molecule has 0 fully saturated rings. The van der Waals surface area contributed by atoms with E-state index in [9.17, 15) is 0 Å². The van der Waals surface area contributed by atoms with Crippen molar-refractivity contribution in [2.45, 2.75) is 6.42 Å². The van der Waals surface area contributed by atoms with Gasteiger partial charge in [0.25, 0.3) is 0 Å². The predicted octanol–water partition coefficient (Wildman–Crippen LogP) is 1.77. The first kappa shape index (κ1) is 12.4. The maximum absolute atomic E-state index is 7.73. The van der Waals surface area contributed by atoms with E-state index in [1.54, 1.807) is 20.2 Å². The van der Waals surface area contributed by atoms with Crippen LogP contribution < -0.4 is 5.73 Å². The third kappa shape index (κ3) is 3.16. The number of nitrogens with zero attached hydrogens (tertiary/aromatic N) is 4. The van der Waals surface area contributed by atoms with Crippen LogP contribution in [0.3, 0.4) is 0 Å². The lowest BCUT2D eigenvalue weighted by Gasteiger charge is -2.12. The number of hydrogen-bond donors (Lipinski definition) is 2. The average molecular weight is 241 g/mol. The topological polar surface area (TPSA) is 90.7 Å². The molecule has 0 aromatic carbocycles. The van der Waals surface area contributed by atoms with Crippen molar-refractivity contribution < 1.29 is 0 Å². The quantitative estimate of drug-likeness (QED) is 0.365. The van der Waals surface area contributed by atoms with Gasteiger partial charge in [0.05, 0.1) is 29.9 Å². The van der Waals surface area contributed by atoms with Crippen LogP contribution in [0.25, 0.3) is 0 Å². The normalized spacial score (nSPS) is 10.7. The second-order valence-electron chi connectivity index (χ2n) is 3.13. The van der Waals surface area contributed by atoms with Gasteiger partial charge in [0.15, 0.2) is 0 Å². The molecule has 0 bridgehead atoms. The Balaban J connectivity index is 2.77. The molecule has 0 aliphatic carbocycles. The van der Waals surface area contributed by atoms with E-state index in [1.807, 2.05) is 0 Å². The number of nitrogen functional groups attached to an aromatic ring is 1. The smallest absolute Gasteiger partial charge is 0.124 e. The fourth-order valence-corrected chi connectivity index (χ4v) is 1.26. The highest BCUT2D eigenvalue weighted by atomic mass is 35.5. The van der Waals surface area contributed by atoms with Crippen LogP contribution in [0, 0.1) is 5.41 Å². The van der Waals surface area contributed by atoms with Crippen LogP contribution in [0.4, 0.5) is 5.69 Å². The van der Waals surface area contributed by atoms with Crippen molar-refractivity contribution in [2.75, 3.05) is 19.8 Å². The fraction of sp³-hybridized carbons (Fsp3) is 0.333. The highest BCUT2D eigenvalue weighted by molar-refractivity contribution is 6.30.